The van der Waals surface area contributed by atoms with Crippen LogP contribution in [0.15, 0.2) is 21.8 Å². The van der Waals surface area contributed by atoms with Crippen LogP contribution in [0.3, 0.4) is 0 Å². The van der Waals surface area contributed by atoms with Crippen molar-refractivity contribution >= 4 is 41.3 Å². The minimum Gasteiger partial charge on any atom is -0.379 e. The number of guanidine groups is 1. The van der Waals surface area contributed by atoms with Crippen molar-refractivity contribution in [2.75, 3.05) is 32.8 Å². The molecule has 1 fully saturated rings. The number of rotatable bonds is 9. The van der Waals surface area contributed by atoms with Crippen LogP contribution in [0.2, 0.25) is 0 Å². The Morgan fingerprint density at radius 2 is 2.27 bits per heavy atom. The van der Waals surface area contributed by atoms with Crippen molar-refractivity contribution in [3.05, 3.63) is 22.4 Å². The van der Waals surface area contributed by atoms with Crippen molar-refractivity contribution in [1.29, 1.82) is 0 Å². The normalized spacial score (nSPS) is 16.0. The van der Waals surface area contributed by atoms with E-state index in [1.54, 1.807) is 11.3 Å². The van der Waals surface area contributed by atoms with E-state index in [0.29, 0.717) is 5.92 Å². The fraction of sp³-hybridized carbons (Fsp3) is 0.688. The summed E-state index contributed by atoms with van der Waals surface area (Å²) in [6.45, 7) is 8.46. The van der Waals surface area contributed by atoms with E-state index < -0.39 is 0 Å². The molecular weight excluding hydrogens is 409 g/mol. The molecule has 2 rings (SSSR count). The molecule has 1 saturated carbocycles. The van der Waals surface area contributed by atoms with Gasteiger partial charge in [-0.15, -0.1) is 24.0 Å². The Morgan fingerprint density at radius 3 is 2.91 bits per heavy atom. The fourth-order valence-electron chi connectivity index (χ4n) is 2.01. The second-order valence-corrected chi connectivity index (χ2v) is 6.40. The van der Waals surface area contributed by atoms with E-state index in [0.717, 1.165) is 44.7 Å². The Balaban J connectivity index is 0.00000242. The van der Waals surface area contributed by atoms with Gasteiger partial charge in [-0.2, -0.15) is 11.3 Å². The lowest BCUT2D eigenvalue weighted by molar-refractivity contribution is 0.129. The highest BCUT2D eigenvalue weighted by molar-refractivity contribution is 14.0. The molecule has 126 valence electrons. The molecule has 6 heteroatoms. The molecule has 1 aromatic heterocycles. The molecule has 22 heavy (non-hydrogen) atoms. The minimum atomic E-state index is 0. The van der Waals surface area contributed by atoms with Crippen molar-refractivity contribution < 1.29 is 4.74 Å². The molecule has 0 radical (unpaired) electrons. The second-order valence-electron chi connectivity index (χ2n) is 5.62. The maximum Gasteiger partial charge on any atom is 0.191 e. The smallest absolute Gasteiger partial charge is 0.191 e. The molecule has 0 bridgehead atoms. The van der Waals surface area contributed by atoms with Gasteiger partial charge in [0.2, 0.25) is 0 Å². The standard InChI is InChI=1S/C16H27N3OS.HI/c1-3-17-16(18-7-8-20-11-14-4-5-14)19-10-13(2)15-6-9-21-12-15;/h6,9,12-14H,3-5,7-8,10-11H2,1-2H3,(H2,17,18,19);1H. The molecule has 1 unspecified atom stereocenters. The predicted molar refractivity (Wildman–Crippen MR) is 106 cm³/mol. The fourth-order valence-corrected chi connectivity index (χ4v) is 2.79. The van der Waals surface area contributed by atoms with Gasteiger partial charge in [0.25, 0.3) is 0 Å². The molecule has 1 atom stereocenters. The van der Waals surface area contributed by atoms with E-state index in [1.807, 2.05) is 0 Å². The first kappa shape index (κ1) is 19.7. The SMILES string of the molecule is CCNC(=NCC(C)c1ccsc1)NCCOCC1CC1.I. The van der Waals surface area contributed by atoms with Gasteiger partial charge in [0.15, 0.2) is 5.96 Å². The number of hydrogen-bond donors (Lipinski definition) is 2. The summed E-state index contributed by atoms with van der Waals surface area (Å²) in [4.78, 5) is 4.66. The summed E-state index contributed by atoms with van der Waals surface area (Å²) in [6, 6.07) is 2.18. The summed E-state index contributed by atoms with van der Waals surface area (Å²) in [7, 11) is 0. The third kappa shape index (κ3) is 7.78. The van der Waals surface area contributed by atoms with E-state index in [4.69, 9.17) is 4.74 Å². The molecule has 1 aliphatic carbocycles. The monoisotopic (exact) mass is 437 g/mol. The van der Waals surface area contributed by atoms with Gasteiger partial charge in [-0.25, -0.2) is 0 Å². The molecule has 0 aliphatic heterocycles. The van der Waals surface area contributed by atoms with Crippen LogP contribution in [0.5, 0.6) is 0 Å². The molecule has 0 spiro atoms. The van der Waals surface area contributed by atoms with E-state index in [-0.39, 0.29) is 24.0 Å². The zero-order chi connectivity index (χ0) is 14.9. The van der Waals surface area contributed by atoms with Gasteiger partial charge in [-0.05, 0) is 48.1 Å². The quantitative estimate of drug-likeness (QED) is 0.269. The Hall–Kier alpha value is -0.340. The maximum atomic E-state index is 5.63. The number of nitrogens with zero attached hydrogens (tertiary/aromatic N) is 1. The summed E-state index contributed by atoms with van der Waals surface area (Å²) >= 11 is 1.74. The van der Waals surface area contributed by atoms with Crippen LogP contribution < -0.4 is 10.6 Å². The summed E-state index contributed by atoms with van der Waals surface area (Å²) in [6.07, 6.45) is 2.69. The molecule has 4 nitrogen and oxygen atoms in total. The van der Waals surface area contributed by atoms with Crippen LogP contribution >= 0.6 is 35.3 Å². The third-order valence-corrected chi connectivity index (χ3v) is 4.27. The zero-order valence-electron chi connectivity index (χ0n) is 13.5. The van der Waals surface area contributed by atoms with Gasteiger partial charge in [0.1, 0.15) is 0 Å². The largest absolute Gasteiger partial charge is 0.379 e. The minimum absolute atomic E-state index is 0. The van der Waals surface area contributed by atoms with E-state index >= 15 is 0 Å². The van der Waals surface area contributed by atoms with E-state index in [1.165, 1.54) is 18.4 Å². The van der Waals surface area contributed by atoms with E-state index in [9.17, 15) is 0 Å². The second kappa shape index (κ2) is 11.2. The molecule has 0 aromatic carbocycles. The number of thiophene rings is 1. The van der Waals surface area contributed by atoms with Crippen molar-refractivity contribution in [2.45, 2.75) is 32.6 Å². The first-order valence-corrected chi connectivity index (χ1v) is 8.86. The summed E-state index contributed by atoms with van der Waals surface area (Å²) in [5, 5.41) is 10.9. The van der Waals surface area contributed by atoms with Crippen LogP contribution in [-0.4, -0.2) is 38.8 Å². The van der Waals surface area contributed by atoms with Crippen LogP contribution in [0.4, 0.5) is 0 Å². The topological polar surface area (TPSA) is 45.7 Å². The lowest BCUT2D eigenvalue weighted by Gasteiger charge is -2.13. The molecule has 0 amide bonds. The highest BCUT2D eigenvalue weighted by Crippen LogP contribution is 2.28. The number of ether oxygens (including phenoxy) is 1. The highest BCUT2D eigenvalue weighted by Gasteiger charge is 2.20. The Bertz CT molecular complexity index is 421. The van der Waals surface area contributed by atoms with E-state index in [2.05, 4.69) is 46.3 Å². The van der Waals surface area contributed by atoms with Gasteiger partial charge in [0.05, 0.1) is 6.61 Å². The summed E-state index contributed by atoms with van der Waals surface area (Å²) in [5.41, 5.74) is 1.37. The predicted octanol–water partition coefficient (Wildman–Crippen LogP) is 3.45. The molecule has 0 saturated heterocycles. The van der Waals surface area contributed by atoms with Gasteiger partial charge in [-0.1, -0.05) is 6.92 Å². The lowest BCUT2D eigenvalue weighted by atomic mass is 10.1. The molecule has 1 aromatic rings. The van der Waals surface area contributed by atoms with Crippen molar-refractivity contribution in [3.63, 3.8) is 0 Å². The van der Waals surface area contributed by atoms with Crippen LogP contribution in [0.25, 0.3) is 0 Å². The third-order valence-electron chi connectivity index (χ3n) is 3.57. The molecule has 1 aliphatic rings. The molecule has 2 N–H and O–H groups in total. The number of nitrogens with one attached hydrogen (secondary N) is 2. The highest BCUT2D eigenvalue weighted by atomic mass is 127. The van der Waals surface area contributed by atoms with Gasteiger partial charge < -0.3 is 15.4 Å². The first-order chi connectivity index (χ1) is 10.3. The van der Waals surface area contributed by atoms with Crippen LogP contribution in [0.1, 0.15) is 38.2 Å². The Morgan fingerprint density at radius 1 is 1.45 bits per heavy atom. The van der Waals surface area contributed by atoms with Crippen LogP contribution in [0, 0.1) is 5.92 Å². The summed E-state index contributed by atoms with van der Waals surface area (Å²) in [5.74, 6) is 2.17. The zero-order valence-corrected chi connectivity index (χ0v) is 16.7. The lowest BCUT2D eigenvalue weighted by Crippen LogP contribution is -2.39. The average Bonchev–Trinajstić information content (AvgIpc) is 3.14. The van der Waals surface area contributed by atoms with Crippen LogP contribution in [-0.2, 0) is 4.74 Å². The van der Waals surface area contributed by atoms with Gasteiger partial charge in [-0.3, -0.25) is 4.99 Å². The maximum absolute atomic E-state index is 5.63. The van der Waals surface area contributed by atoms with Crippen molar-refractivity contribution in [2.24, 2.45) is 10.9 Å². The Labute approximate surface area is 155 Å². The number of aliphatic imine (C=N–C) groups is 1. The number of hydrogen-bond acceptors (Lipinski definition) is 3. The van der Waals surface area contributed by atoms with Gasteiger partial charge >= 0.3 is 0 Å². The summed E-state index contributed by atoms with van der Waals surface area (Å²) < 4.78 is 5.63. The average molecular weight is 437 g/mol. The first-order valence-electron chi connectivity index (χ1n) is 7.91. The Kier molecular flexibility index (Phi) is 10.1. The van der Waals surface area contributed by atoms with Gasteiger partial charge in [0, 0.05) is 32.2 Å². The number of halogens is 1. The van der Waals surface area contributed by atoms with Crippen molar-refractivity contribution in [3.8, 4) is 0 Å². The van der Waals surface area contributed by atoms with Crippen molar-refractivity contribution in [1.82, 2.24) is 10.6 Å². The molecule has 1 heterocycles. The molecular formula is C16H28IN3OS.